The Morgan fingerprint density at radius 2 is 1.96 bits per heavy atom. The van der Waals surface area contributed by atoms with Gasteiger partial charge < -0.3 is 20.1 Å². The van der Waals surface area contributed by atoms with E-state index in [1.165, 1.54) is 5.52 Å². The van der Waals surface area contributed by atoms with E-state index in [0.717, 1.165) is 49.9 Å². The van der Waals surface area contributed by atoms with Crippen molar-refractivity contribution in [3.63, 3.8) is 0 Å². The molecular formula is C20H34N6. The van der Waals surface area contributed by atoms with Gasteiger partial charge in [0, 0.05) is 33.2 Å². The third kappa shape index (κ3) is 5.73. The van der Waals surface area contributed by atoms with Crippen LogP contribution in [0.2, 0.25) is 0 Å². The van der Waals surface area contributed by atoms with Gasteiger partial charge in [-0.25, -0.2) is 4.98 Å². The van der Waals surface area contributed by atoms with Gasteiger partial charge in [-0.2, -0.15) is 0 Å². The maximum Gasteiger partial charge on any atom is 0.190 e. The molecule has 0 saturated heterocycles. The fraction of sp³-hybridized carbons (Fsp3) is 0.600. The van der Waals surface area contributed by atoms with Crippen LogP contribution in [0.4, 0.5) is 0 Å². The number of aromatic nitrogens is 2. The van der Waals surface area contributed by atoms with Crippen molar-refractivity contribution in [1.29, 1.82) is 0 Å². The van der Waals surface area contributed by atoms with Crippen LogP contribution in [0.3, 0.4) is 0 Å². The summed E-state index contributed by atoms with van der Waals surface area (Å²) < 4.78 is 2.29. The lowest BCUT2D eigenvalue weighted by Gasteiger charge is -2.29. The summed E-state index contributed by atoms with van der Waals surface area (Å²) in [5.41, 5.74) is 2.46. The van der Waals surface area contributed by atoms with Gasteiger partial charge in [-0.05, 0) is 45.0 Å². The van der Waals surface area contributed by atoms with Crippen molar-refractivity contribution < 1.29 is 0 Å². The predicted octanol–water partition coefficient (Wildman–Crippen LogP) is 2.49. The molecule has 6 heteroatoms. The van der Waals surface area contributed by atoms with E-state index in [9.17, 15) is 0 Å². The molecule has 0 aliphatic rings. The number of guanidine groups is 1. The van der Waals surface area contributed by atoms with Crippen LogP contribution in [-0.4, -0.2) is 61.2 Å². The second-order valence-electron chi connectivity index (χ2n) is 7.91. The zero-order valence-electron chi connectivity index (χ0n) is 17.1. The lowest BCUT2D eigenvalue weighted by Crippen LogP contribution is -2.45. The molecule has 26 heavy (non-hydrogen) atoms. The molecule has 2 aromatic rings. The van der Waals surface area contributed by atoms with E-state index < -0.39 is 0 Å². The molecule has 0 radical (unpaired) electrons. The van der Waals surface area contributed by atoms with Crippen molar-refractivity contribution >= 4 is 17.0 Å². The highest BCUT2D eigenvalue weighted by Crippen LogP contribution is 2.16. The van der Waals surface area contributed by atoms with E-state index in [2.05, 4.69) is 83.1 Å². The molecule has 0 saturated carbocycles. The molecular weight excluding hydrogens is 324 g/mol. The molecule has 0 fully saturated rings. The fourth-order valence-corrected chi connectivity index (χ4v) is 3.38. The number of fused-ring (bicyclic) bond motifs is 1. The van der Waals surface area contributed by atoms with Crippen molar-refractivity contribution in [2.24, 2.45) is 10.4 Å². The Bertz CT molecular complexity index is 729. The summed E-state index contributed by atoms with van der Waals surface area (Å²) in [7, 11) is 6.04. The summed E-state index contributed by atoms with van der Waals surface area (Å²) in [4.78, 5) is 11.2. The highest BCUT2D eigenvalue weighted by Gasteiger charge is 2.19. The van der Waals surface area contributed by atoms with Crippen LogP contribution >= 0.6 is 0 Å². The summed E-state index contributed by atoms with van der Waals surface area (Å²) >= 11 is 0. The van der Waals surface area contributed by atoms with E-state index in [-0.39, 0.29) is 5.41 Å². The van der Waals surface area contributed by atoms with Crippen molar-refractivity contribution in [3.8, 4) is 0 Å². The SMILES string of the molecule is CN=C(NCCCn1c(C)nc2ccccc21)NCC(C)(C)CN(C)C. The van der Waals surface area contributed by atoms with Gasteiger partial charge in [-0.1, -0.05) is 26.0 Å². The van der Waals surface area contributed by atoms with Crippen molar-refractivity contribution in [2.45, 2.75) is 33.7 Å². The number of nitrogens with zero attached hydrogens (tertiary/aromatic N) is 4. The Labute approximate surface area is 157 Å². The van der Waals surface area contributed by atoms with Crippen LogP contribution in [0.15, 0.2) is 29.3 Å². The average Bonchev–Trinajstić information content (AvgIpc) is 2.88. The lowest BCUT2D eigenvalue weighted by atomic mass is 9.93. The minimum Gasteiger partial charge on any atom is -0.356 e. The first-order valence-corrected chi connectivity index (χ1v) is 9.33. The van der Waals surface area contributed by atoms with Crippen molar-refractivity contribution in [3.05, 3.63) is 30.1 Å². The number of rotatable bonds is 8. The number of hydrogen-bond donors (Lipinski definition) is 2. The number of nitrogens with one attached hydrogen (secondary N) is 2. The normalized spacial score (nSPS) is 12.8. The van der Waals surface area contributed by atoms with E-state index >= 15 is 0 Å². The van der Waals surface area contributed by atoms with Crippen LogP contribution in [0.5, 0.6) is 0 Å². The number of aryl methyl sites for hydroxylation is 2. The van der Waals surface area contributed by atoms with Crippen LogP contribution in [0.1, 0.15) is 26.1 Å². The largest absolute Gasteiger partial charge is 0.356 e. The van der Waals surface area contributed by atoms with Gasteiger partial charge in [0.2, 0.25) is 0 Å². The smallest absolute Gasteiger partial charge is 0.190 e. The van der Waals surface area contributed by atoms with Gasteiger partial charge in [-0.15, -0.1) is 0 Å². The first-order chi connectivity index (χ1) is 12.3. The third-order valence-corrected chi connectivity index (χ3v) is 4.40. The molecule has 2 N–H and O–H groups in total. The topological polar surface area (TPSA) is 57.5 Å². The number of hydrogen-bond acceptors (Lipinski definition) is 3. The van der Waals surface area contributed by atoms with E-state index in [1.54, 1.807) is 0 Å². The standard InChI is InChI=1S/C20H34N6/c1-16-24-17-10-7-8-11-18(17)26(16)13-9-12-22-19(21-4)23-14-20(2,3)15-25(5)6/h7-8,10-11H,9,12-15H2,1-6H3,(H2,21,22,23). The maximum absolute atomic E-state index is 4.63. The quantitative estimate of drug-likeness (QED) is 0.432. The third-order valence-electron chi connectivity index (χ3n) is 4.40. The van der Waals surface area contributed by atoms with Gasteiger partial charge in [0.05, 0.1) is 11.0 Å². The molecule has 6 nitrogen and oxygen atoms in total. The Kier molecular flexibility index (Phi) is 7.03. The highest BCUT2D eigenvalue weighted by molar-refractivity contribution is 5.79. The number of para-hydroxylation sites is 2. The number of aliphatic imine (C=N–C) groups is 1. The van der Waals surface area contributed by atoms with Gasteiger partial charge in [0.25, 0.3) is 0 Å². The van der Waals surface area contributed by atoms with E-state index in [1.807, 2.05) is 13.1 Å². The molecule has 1 aromatic carbocycles. The second kappa shape index (κ2) is 9.03. The molecule has 0 spiro atoms. The van der Waals surface area contributed by atoms with Gasteiger partial charge in [0.15, 0.2) is 5.96 Å². The van der Waals surface area contributed by atoms with E-state index in [0.29, 0.717) is 0 Å². The van der Waals surface area contributed by atoms with Crippen LogP contribution < -0.4 is 10.6 Å². The van der Waals surface area contributed by atoms with Gasteiger partial charge >= 0.3 is 0 Å². The first kappa shape index (κ1) is 20.2. The van der Waals surface area contributed by atoms with Crippen molar-refractivity contribution in [1.82, 2.24) is 25.1 Å². The molecule has 0 amide bonds. The monoisotopic (exact) mass is 358 g/mol. The average molecular weight is 359 g/mol. The molecule has 0 atom stereocenters. The lowest BCUT2D eigenvalue weighted by molar-refractivity contribution is 0.241. The van der Waals surface area contributed by atoms with Gasteiger partial charge in [-0.3, -0.25) is 4.99 Å². The Morgan fingerprint density at radius 3 is 2.65 bits per heavy atom. The molecule has 0 bridgehead atoms. The summed E-state index contributed by atoms with van der Waals surface area (Å²) in [5.74, 6) is 1.93. The van der Waals surface area contributed by atoms with Crippen LogP contribution in [0, 0.1) is 12.3 Å². The van der Waals surface area contributed by atoms with Crippen molar-refractivity contribution in [2.75, 3.05) is 40.8 Å². The van der Waals surface area contributed by atoms with E-state index in [4.69, 9.17) is 0 Å². The Balaban J connectivity index is 1.80. The molecule has 0 aliphatic heterocycles. The van der Waals surface area contributed by atoms with Gasteiger partial charge in [0.1, 0.15) is 5.82 Å². The summed E-state index contributed by atoms with van der Waals surface area (Å²) in [6, 6.07) is 8.31. The molecule has 2 rings (SSSR count). The summed E-state index contributed by atoms with van der Waals surface area (Å²) in [5, 5.41) is 6.86. The molecule has 1 aromatic heterocycles. The Morgan fingerprint density at radius 1 is 1.23 bits per heavy atom. The zero-order chi connectivity index (χ0) is 19.2. The predicted molar refractivity (Wildman–Crippen MR) is 111 cm³/mol. The number of imidazole rings is 1. The molecule has 144 valence electrons. The minimum atomic E-state index is 0.188. The highest BCUT2D eigenvalue weighted by atomic mass is 15.2. The Hall–Kier alpha value is -2.08. The maximum atomic E-state index is 4.63. The van der Waals surface area contributed by atoms with Crippen LogP contribution in [-0.2, 0) is 6.54 Å². The van der Waals surface area contributed by atoms with Crippen LogP contribution in [0.25, 0.3) is 11.0 Å². The molecule has 0 aliphatic carbocycles. The first-order valence-electron chi connectivity index (χ1n) is 9.33. The number of benzene rings is 1. The second-order valence-corrected chi connectivity index (χ2v) is 7.91. The minimum absolute atomic E-state index is 0.188. The molecule has 0 unspecified atom stereocenters. The summed E-state index contributed by atoms with van der Waals surface area (Å²) in [6.07, 6.45) is 1.02. The molecule has 1 heterocycles. The zero-order valence-corrected chi connectivity index (χ0v) is 17.1. The summed E-state index contributed by atoms with van der Waals surface area (Å²) in [6.45, 7) is 10.3. The fourth-order valence-electron chi connectivity index (χ4n) is 3.38.